The summed E-state index contributed by atoms with van der Waals surface area (Å²) in [4.78, 5) is 0. The lowest BCUT2D eigenvalue weighted by Gasteiger charge is -2.30. The molecule has 1 heteroatoms. The van der Waals surface area contributed by atoms with Crippen LogP contribution in [0.1, 0.15) is 51.9 Å². The van der Waals surface area contributed by atoms with Gasteiger partial charge in [-0.15, -0.1) is 0 Å². The largest absolute Gasteiger partial charge is 0.314 e. The molecule has 1 aliphatic carbocycles. The van der Waals surface area contributed by atoms with Crippen LogP contribution in [0.2, 0.25) is 0 Å². The van der Waals surface area contributed by atoms with Crippen LogP contribution >= 0.6 is 0 Å². The highest BCUT2D eigenvalue weighted by molar-refractivity contribution is 4.88. The SMILES string of the molecule is CCC1NCCC1C1CCCCC1. The minimum Gasteiger partial charge on any atom is -0.314 e. The molecule has 2 atom stereocenters. The third-order valence-electron chi connectivity index (χ3n) is 4.10. The summed E-state index contributed by atoms with van der Waals surface area (Å²) in [6, 6.07) is 0.850. The van der Waals surface area contributed by atoms with Crippen molar-refractivity contribution >= 4 is 0 Å². The van der Waals surface area contributed by atoms with Crippen LogP contribution in [-0.4, -0.2) is 12.6 Å². The Balaban J connectivity index is 1.90. The lowest BCUT2D eigenvalue weighted by molar-refractivity contribution is 0.226. The molecule has 2 rings (SSSR count). The first kappa shape index (κ1) is 9.51. The molecule has 1 saturated carbocycles. The molecule has 0 aromatic rings. The predicted octanol–water partition coefficient (Wildman–Crippen LogP) is 2.95. The first-order valence-electron chi connectivity index (χ1n) is 6.15. The minimum absolute atomic E-state index is 0.850. The van der Waals surface area contributed by atoms with Gasteiger partial charge in [0.15, 0.2) is 0 Å². The highest BCUT2D eigenvalue weighted by Crippen LogP contribution is 2.36. The Morgan fingerprint density at radius 1 is 1.08 bits per heavy atom. The normalized spacial score (nSPS) is 36.7. The van der Waals surface area contributed by atoms with Gasteiger partial charge < -0.3 is 5.32 Å². The summed E-state index contributed by atoms with van der Waals surface area (Å²) in [6.07, 6.45) is 10.3. The molecule has 0 aromatic carbocycles. The van der Waals surface area contributed by atoms with Crippen molar-refractivity contribution in [2.24, 2.45) is 11.8 Å². The molecule has 1 aliphatic heterocycles. The van der Waals surface area contributed by atoms with Crippen LogP contribution in [0.5, 0.6) is 0 Å². The molecule has 76 valence electrons. The zero-order valence-corrected chi connectivity index (χ0v) is 8.89. The quantitative estimate of drug-likeness (QED) is 0.690. The van der Waals surface area contributed by atoms with Gasteiger partial charge in [0.05, 0.1) is 0 Å². The van der Waals surface area contributed by atoms with E-state index in [-0.39, 0.29) is 0 Å². The molecule has 1 saturated heterocycles. The van der Waals surface area contributed by atoms with Crippen molar-refractivity contribution in [3.05, 3.63) is 0 Å². The van der Waals surface area contributed by atoms with E-state index in [1.807, 2.05) is 0 Å². The maximum Gasteiger partial charge on any atom is 0.00958 e. The third-order valence-corrected chi connectivity index (χ3v) is 4.10. The van der Waals surface area contributed by atoms with E-state index in [9.17, 15) is 0 Å². The molecule has 13 heavy (non-hydrogen) atoms. The van der Waals surface area contributed by atoms with Crippen LogP contribution in [0.4, 0.5) is 0 Å². The van der Waals surface area contributed by atoms with E-state index in [4.69, 9.17) is 0 Å². The van der Waals surface area contributed by atoms with Gasteiger partial charge >= 0.3 is 0 Å². The van der Waals surface area contributed by atoms with Crippen molar-refractivity contribution in [3.63, 3.8) is 0 Å². The van der Waals surface area contributed by atoms with E-state index in [1.165, 1.54) is 51.5 Å². The molecule has 2 fully saturated rings. The Labute approximate surface area is 82.3 Å². The maximum absolute atomic E-state index is 3.65. The summed E-state index contributed by atoms with van der Waals surface area (Å²) in [6.45, 7) is 3.61. The van der Waals surface area contributed by atoms with Crippen molar-refractivity contribution < 1.29 is 0 Å². The van der Waals surface area contributed by atoms with Crippen LogP contribution in [0.3, 0.4) is 0 Å². The molecule has 1 heterocycles. The molecular formula is C12H23N. The highest BCUT2D eigenvalue weighted by Gasteiger charge is 2.32. The van der Waals surface area contributed by atoms with Gasteiger partial charge in [0.25, 0.3) is 0 Å². The van der Waals surface area contributed by atoms with Gasteiger partial charge in [0, 0.05) is 6.04 Å². The first-order valence-corrected chi connectivity index (χ1v) is 6.15. The standard InChI is InChI=1S/C12H23N/c1-2-12-11(8-9-13-12)10-6-4-3-5-7-10/h10-13H,2-9H2,1H3. The Morgan fingerprint density at radius 2 is 1.85 bits per heavy atom. The van der Waals surface area contributed by atoms with Crippen LogP contribution in [0.15, 0.2) is 0 Å². The van der Waals surface area contributed by atoms with Crippen molar-refractivity contribution in [2.45, 2.75) is 57.9 Å². The topological polar surface area (TPSA) is 12.0 Å². The van der Waals surface area contributed by atoms with E-state index >= 15 is 0 Å². The zero-order chi connectivity index (χ0) is 9.10. The average molecular weight is 181 g/mol. The van der Waals surface area contributed by atoms with Crippen LogP contribution in [-0.2, 0) is 0 Å². The predicted molar refractivity (Wildman–Crippen MR) is 56.8 cm³/mol. The Hall–Kier alpha value is -0.0400. The number of hydrogen-bond donors (Lipinski definition) is 1. The van der Waals surface area contributed by atoms with Crippen molar-refractivity contribution in [3.8, 4) is 0 Å². The van der Waals surface area contributed by atoms with Gasteiger partial charge in [-0.05, 0) is 31.2 Å². The van der Waals surface area contributed by atoms with Crippen molar-refractivity contribution in [1.29, 1.82) is 0 Å². The fourth-order valence-corrected chi connectivity index (χ4v) is 3.36. The van der Waals surface area contributed by atoms with Gasteiger partial charge in [-0.25, -0.2) is 0 Å². The second-order valence-corrected chi connectivity index (χ2v) is 4.82. The molecule has 2 aliphatic rings. The van der Waals surface area contributed by atoms with E-state index in [0.29, 0.717) is 0 Å². The van der Waals surface area contributed by atoms with Crippen molar-refractivity contribution in [2.75, 3.05) is 6.54 Å². The zero-order valence-electron chi connectivity index (χ0n) is 8.89. The number of hydrogen-bond acceptors (Lipinski definition) is 1. The monoisotopic (exact) mass is 181 g/mol. The first-order chi connectivity index (χ1) is 6.42. The molecule has 0 amide bonds. The summed E-state index contributed by atoms with van der Waals surface area (Å²) in [5.74, 6) is 2.08. The molecule has 0 bridgehead atoms. The molecule has 0 radical (unpaired) electrons. The van der Waals surface area contributed by atoms with Gasteiger partial charge in [0.1, 0.15) is 0 Å². The third kappa shape index (κ3) is 2.07. The fraction of sp³-hybridized carbons (Fsp3) is 1.00. The molecule has 1 nitrogen and oxygen atoms in total. The summed E-state index contributed by atoms with van der Waals surface area (Å²) in [7, 11) is 0. The second kappa shape index (κ2) is 4.45. The van der Waals surface area contributed by atoms with E-state index < -0.39 is 0 Å². The molecule has 1 N–H and O–H groups in total. The van der Waals surface area contributed by atoms with Crippen LogP contribution < -0.4 is 5.32 Å². The summed E-state index contributed by atoms with van der Waals surface area (Å²) >= 11 is 0. The summed E-state index contributed by atoms with van der Waals surface area (Å²) < 4.78 is 0. The number of rotatable bonds is 2. The molecular weight excluding hydrogens is 158 g/mol. The fourth-order valence-electron chi connectivity index (χ4n) is 3.36. The van der Waals surface area contributed by atoms with Gasteiger partial charge in [0.2, 0.25) is 0 Å². The molecule has 0 aromatic heterocycles. The lowest BCUT2D eigenvalue weighted by Crippen LogP contribution is -2.31. The molecule has 2 unspecified atom stereocenters. The Morgan fingerprint density at radius 3 is 2.54 bits per heavy atom. The summed E-state index contributed by atoms with van der Waals surface area (Å²) in [5.41, 5.74) is 0. The van der Waals surface area contributed by atoms with Crippen LogP contribution in [0.25, 0.3) is 0 Å². The highest BCUT2D eigenvalue weighted by atomic mass is 14.9. The summed E-state index contributed by atoms with van der Waals surface area (Å²) in [5, 5.41) is 3.65. The Bertz CT molecular complexity index is 149. The molecule has 0 spiro atoms. The average Bonchev–Trinajstić information content (AvgIpc) is 2.67. The smallest absolute Gasteiger partial charge is 0.00958 e. The van der Waals surface area contributed by atoms with Gasteiger partial charge in [-0.3, -0.25) is 0 Å². The number of nitrogens with one attached hydrogen (secondary N) is 1. The van der Waals surface area contributed by atoms with Gasteiger partial charge in [-0.1, -0.05) is 39.0 Å². The minimum atomic E-state index is 0.850. The Kier molecular flexibility index (Phi) is 3.26. The maximum atomic E-state index is 3.65. The van der Waals surface area contributed by atoms with E-state index in [1.54, 1.807) is 0 Å². The second-order valence-electron chi connectivity index (χ2n) is 4.82. The lowest BCUT2D eigenvalue weighted by atomic mass is 9.76. The van der Waals surface area contributed by atoms with E-state index in [2.05, 4.69) is 12.2 Å². The van der Waals surface area contributed by atoms with Crippen LogP contribution in [0, 0.1) is 11.8 Å². The van der Waals surface area contributed by atoms with E-state index in [0.717, 1.165) is 17.9 Å². The van der Waals surface area contributed by atoms with Gasteiger partial charge in [-0.2, -0.15) is 0 Å². The van der Waals surface area contributed by atoms with Crippen molar-refractivity contribution in [1.82, 2.24) is 5.32 Å².